The molecule has 5 aromatic rings. The molecule has 0 radical (unpaired) electrons. The van der Waals surface area contributed by atoms with E-state index in [1.165, 1.54) is 81.3 Å². The molecule has 1 spiro atoms. The van der Waals surface area contributed by atoms with Crippen LogP contribution >= 0.6 is 11.6 Å². The molecule has 8 rings (SSSR count). The van der Waals surface area contributed by atoms with Gasteiger partial charge in [0.05, 0.1) is 0 Å². The Morgan fingerprint density at radius 3 is 2.03 bits per heavy atom. The maximum atomic E-state index is 6.55. The molecule has 5 aromatic carbocycles. The Labute approximate surface area is 230 Å². The van der Waals surface area contributed by atoms with Gasteiger partial charge in [-0.2, -0.15) is 0 Å². The van der Waals surface area contributed by atoms with E-state index >= 15 is 0 Å². The van der Waals surface area contributed by atoms with Gasteiger partial charge in [0.2, 0.25) is 0 Å². The van der Waals surface area contributed by atoms with Crippen LogP contribution in [0.3, 0.4) is 0 Å². The Hall–Kier alpha value is -3.61. The Bertz CT molecular complexity index is 1690. The van der Waals surface area contributed by atoms with E-state index in [-0.39, 0.29) is 5.41 Å². The summed E-state index contributed by atoms with van der Waals surface area (Å²) < 4.78 is 0. The van der Waals surface area contributed by atoms with Gasteiger partial charge in [-0.1, -0.05) is 109 Å². The van der Waals surface area contributed by atoms with E-state index in [0.29, 0.717) is 11.8 Å². The fraction of sp³-hybridized carbons (Fsp3) is 0.189. The van der Waals surface area contributed by atoms with Gasteiger partial charge in [-0.25, -0.2) is 0 Å². The van der Waals surface area contributed by atoms with E-state index in [1.807, 2.05) is 6.07 Å². The molecule has 1 heteroatoms. The first-order valence-electron chi connectivity index (χ1n) is 13.9. The molecule has 0 heterocycles. The van der Waals surface area contributed by atoms with Gasteiger partial charge in [-0.3, -0.25) is 0 Å². The minimum Gasteiger partial charge on any atom is -0.0843 e. The van der Waals surface area contributed by atoms with Crippen LogP contribution in [-0.2, 0) is 5.41 Å². The fourth-order valence-electron chi connectivity index (χ4n) is 8.00. The molecule has 0 aliphatic heterocycles. The molecule has 0 aromatic heterocycles. The molecular formula is C37H29Cl. The van der Waals surface area contributed by atoms with Gasteiger partial charge in [0.15, 0.2) is 0 Å². The fourth-order valence-corrected chi connectivity index (χ4v) is 8.18. The molecule has 1 fully saturated rings. The molecule has 0 amide bonds. The molecule has 1 atom stereocenters. The summed E-state index contributed by atoms with van der Waals surface area (Å²) in [6.45, 7) is 0. The van der Waals surface area contributed by atoms with Gasteiger partial charge in [0, 0.05) is 16.4 Å². The highest BCUT2D eigenvalue weighted by Gasteiger charge is 2.47. The van der Waals surface area contributed by atoms with E-state index in [1.54, 1.807) is 0 Å². The minimum atomic E-state index is 0.0997. The molecule has 3 aliphatic carbocycles. The number of halogens is 1. The van der Waals surface area contributed by atoms with Crippen molar-refractivity contribution in [1.82, 2.24) is 0 Å². The maximum absolute atomic E-state index is 6.55. The van der Waals surface area contributed by atoms with Crippen molar-refractivity contribution in [1.29, 1.82) is 0 Å². The topological polar surface area (TPSA) is 0 Å². The first-order valence-corrected chi connectivity index (χ1v) is 14.3. The first-order chi connectivity index (χ1) is 18.7. The van der Waals surface area contributed by atoms with E-state index < -0.39 is 0 Å². The van der Waals surface area contributed by atoms with Crippen LogP contribution in [0.1, 0.15) is 53.9 Å². The average Bonchev–Trinajstić information content (AvgIpc) is 3.44. The molecule has 0 nitrogen and oxygen atoms in total. The summed E-state index contributed by atoms with van der Waals surface area (Å²) in [4.78, 5) is 0. The smallest absolute Gasteiger partial charge is 0.0409 e. The Morgan fingerprint density at radius 2 is 1.18 bits per heavy atom. The van der Waals surface area contributed by atoms with Gasteiger partial charge in [-0.15, -0.1) is 0 Å². The molecule has 3 aliphatic rings. The van der Waals surface area contributed by atoms with Gasteiger partial charge >= 0.3 is 0 Å². The van der Waals surface area contributed by atoms with Crippen LogP contribution in [0, 0.1) is 5.92 Å². The zero-order valence-electron chi connectivity index (χ0n) is 21.3. The molecular weight excluding hydrogens is 480 g/mol. The quantitative estimate of drug-likeness (QED) is 0.222. The predicted octanol–water partition coefficient (Wildman–Crippen LogP) is 10.3. The van der Waals surface area contributed by atoms with Crippen molar-refractivity contribution in [2.24, 2.45) is 5.92 Å². The lowest BCUT2D eigenvalue weighted by atomic mass is 9.62. The van der Waals surface area contributed by atoms with Crippen LogP contribution in [0.15, 0.2) is 115 Å². The Morgan fingerprint density at radius 1 is 0.526 bits per heavy atom. The third kappa shape index (κ3) is 3.17. The Balaban J connectivity index is 1.20. The second-order valence-corrected chi connectivity index (χ2v) is 11.8. The van der Waals surface area contributed by atoms with Crippen molar-refractivity contribution in [3.63, 3.8) is 0 Å². The lowest BCUT2D eigenvalue weighted by Gasteiger charge is -2.41. The van der Waals surface area contributed by atoms with Gasteiger partial charge in [-0.05, 0) is 105 Å². The predicted molar refractivity (Wildman–Crippen MR) is 159 cm³/mol. The molecule has 184 valence electrons. The third-order valence-electron chi connectivity index (χ3n) is 9.66. The highest BCUT2D eigenvalue weighted by Crippen LogP contribution is 2.60. The van der Waals surface area contributed by atoms with Crippen molar-refractivity contribution in [3.05, 3.63) is 143 Å². The SMILES string of the molecule is Clc1ccc2c(c1)C(C1CCC3(CC1)c1ccccc1-c1ccc(-c4ccccc4)cc13)c1ccccc1-2. The molecule has 1 saturated carbocycles. The van der Waals surface area contributed by atoms with Crippen molar-refractivity contribution < 1.29 is 0 Å². The number of benzene rings is 5. The second kappa shape index (κ2) is 8.45. The van der Waals surface area contributed by atoms with Crippen molar-refractivity contribution in [2.75, 3.05) is 0 Å². The zero-order chi connectivity index (χ0) is 25.3. The first kappa shape index (κ1) is 22.4. The van der Waals surface area contributed by atoms with Crippen molar-refractivity contribution in [3.8, 4) is 33.4 Å². The summed E-state index contributed by atoms with van der Waals surface area (Å²) in [5.41, 5.74) is 14.4. The van der Waals surface area contributed by atoms with Gasteiger partial charge in [0.25, 0.3) is 0 Å². The standard InChI is InChI=1S/C37H29Cl/c38-27-15-17-29-28-10-4-5-12-32(28)36(33(29)23-27)25-18-20-37(21-19-25)34-13-7-6-11-30(34)31-16-14-26(22-35(31)37)24-8-2-1-3-9-24/h1-17,22-23,25,36H,18-21H2. The summed E-state index contributed by atoms with van der Waals surface area (Å²) in [6, 6.07) is 42.7. The summed E-state index contributed by atoms with van der Waals surface area (Å²) in [5.74, 6) is 1.05. The van der Waals surface area contributed by atoms with E-state index in [0.717, 1.165) is 5.02 Å². The molecule has 38 heavy (non-hydrogen) atoms. The third-order valence-corrected chi connectivity index (χ3v) is 9.90. The summed E-state index contributed by atoms with van der Waals surface area (Å²) >= 11 is 6.55. The van der Waals surface area contributed by atoms with Crippen LogP contribution in [0.5, 0.6) is 0 Å². The lowest BCUT2D eigenvalue weighted by molar-refractivity contribution is 0.253. The van der Waals surface area contributed by atoms with E-state index in [9.17, 15) is 0 Å². The average molecular weight is 509 g/mol. The lowest BCUT2D eigenvalue weighted by Crippen LogP contribution is -2.33. The summed E-state index contributed by atoms with van der Waals surface area (Å²) in [5, 5.41) is 0.848. The van der Waals surface area contributed by atoms with E-state index in [2.05, 4.69) is 109 Å². The van der Waals surface area contributed by atoms with Crippen LogP contribution in [0.2, 0.25) is 5.02 Å². The second-order valence-electron chi connectivity index (χ2n) is 11.4. The van der Waals surface area contributed by atoms with Crippen LogP contribution < -0.4 is 0 Å². The van der Waals surface area contributed by atoms with Crippen LogP contribution in [-0.4, -0.2) is 0 Å². The van der Waals surface area contributed by atoms with E-state index in [4.69, 9.17) is 11.6 Å². The molecule has 1 unspecified atom stereocenters. The normalized spacial score (nSPS) is 22.6. The van der Waals surface area contributed by atoms with Crippen molar-refractivity contribution >= 4 is 11.6 Å². The number of hydrogen-bond donors (Lipinski definition) is 0. The molecule has 0 bridgehead atoms. The van der Waals surface area contributed by atoms with Crippen LogP contribution in [0.25, 0.3) is 33.4 Å². The summed E-state index contributed by atoms with van der Waals surface area (Å²) in [6.07, 6.45) is 4.81. The number of hydrogen-bond acceptors (Lipinski definition) is 0. The highest BCUT2D eigenvalue weighted by molar-refractivity contribution is 6.30. The highest BCUT2D eigenvalue weighted by atomic mass is 35.5. The minimum absolute atomic E-state index is 0.0997. The number of rotatable bonds is 2. The largest absolute Gasteiger partial charge is 0.0843 e. The Kier molecular flexibility index (Phi) is 4.98. The molecule has 0 N–H and O–H groups in total. The summed E-state index contributed by atoms with van der Waals surface area (Å²) in [7, 11) is 0. The van der Waals surface area contributed by atoms with Gasteiger partial charge < -0.3 is 0 Å². The monoisotopic (exact) mass is 508 g/mol. The van der Waals surface area contributed by atoms with Gasteiger partial charge in [0.1, 0.15) is 0 Å². The zero-order valence-corrected chi connectivity index (χ0v) is 22.1. The maximum Gasteiger partial charge on any atom is 0.0409 e. The number of fused-ring (bicyclic) bond motifs is 8. The van der Waals surface area contributed by atoms with Crippen LogP contribution in [0.4, 0.5) is 0 Å². The molecule has 0 saturated heterocycles. The van der Waals surface area contributed by atoms with Crippen molar-refractivity contribution in [2.45, 2.75) is 37.0 Å².